The zero-order valence-electron chi connectivity index (χ0n) is 14.0. The fourth-order valence-electron chi connectivity index (χ4n) is 2.60. The Kier molecular flexibility index (Phi) is 4.67. The summed E-state index contributed by atoms with van der Waals surface area (Å²) in [6.45, 7) is 4.86. The Morgan fingerprint density at radius 1 is 1.32 bits per heavy atom. The number of benzene rings is 1. The summed E-state index contributed by atoms with van der Waals surface area (Å²) in [5.41, 5.74) is 0.600. The third-order valence-electron chi connectivity index (χ3n) is 4.00. The first-order chi connectivity index (χ1) is 11.9. The highest BCUT2D eigenvalue weighted by Gasteiger charge is 2.16. The average molecular weight is 341 g/mol. The van der Waals surface area contributed by atoms with Gasteiger partial charge in [0.05, 0.1) is 29.6 Å². The normalized spacial score (nSPS) is 11.5. The van der Waals surface area contributed by atoms with Gasteiger partial charge in [-0.2, -0.15) is 0 Å². The van der Waals surface area contributed by atoms with E-state index in [9.17, 15) is 9.59 Å². The van der Waals surface area contributed by atoms with E-state index in [2.05, 4.69) is 9.97 Å². The van der Waals surface area contributed by atoms with Crippen LogP contribution in [-0.2, 0) is 13.1 Å². The molecule has 0 atom stereocenters. The van der Waals surface area contributed by atoms with Crippen LogP contribution in [0, 0.1) is 0 Å². The van der Waals surface area contributed by atoms with Gasteiger partial charge in [0.25, 0.3) is 5.56 Å². The van der Waals surface area contributed by atoms with Crippen LogP contribution in [0.5, 0.6) is 0 Å². The Morgan fingerprint density at radius 2 is 2.08 bits per heavy atom. The van der Waals surface area contributed by atoms with Gasteiger partial charge in [-0.25, -0.2) is 9.78 Å². The smallest absolute Gasteiger partial charge is 0.338 e. The van der Waals surface area contributed by atoms with Crippen molar-refractivity contribution in [3.8, 4) is 0 Å². The van der Waals surface area contributed by atoms with Crippen LogP contribution >= 0.6 is 0 Å². The van der Waals surface area contributed by atoms with E-state index in [0.717, 1.165) is 0 Å². The number of rotatable bonds is 6. The van der Waals surface area contributed by atoms with Gasteiger partial charge < -0.3 is 14.5 Å². The highest BCUT2D eigenvalue weighted by molar-refractivity contribution is 5.87. The third-order valence-corrected chi connectivity index (χ3v) is 4.00. The maximum Gasteiger partial charge on any atom is 0.338 e. The summed E-state index contributed by atoms with van der Waals surface area (Å²) in [6.07, 6.45) is 1.23. The van der Waals surface area contributed by atoms with Crippen molar-refractivity contribution >= 4 is 16.9 Å². The second-order valence-electron chi connectivity index (χ2n) is 6.14. The van der Waals surface area contributed by atoms with E-state index in [-0.39, 0.29) is 17.2 Å². The van der Waals surface area contributed by atoms with Crippen molar-refractivity contribution in [2.75, 3.05) is 0 Å². The lowest BCUT2D eigenvalue weighted by Gasteiger charge is -2.24. The van der Waals surface area contributed by atoms with E-state index >= 15 is 0 Å². The van der Waals surface area contributed by atoms with Crippen LogP contribution in [0.4, 0.5) is 0 Å². The third kappa shape index (κ3) is 3.77. The molecule has 7 nitrogen and oxygen atoms in total. The van der Waals surface area contributed by atoms with Gasteiger partial charge in [-0.3, -0.25) is 9.69 Å². The molecule has 0 saturated heterocycles. The number of aromatic nitrogens is 2. The maximum atomic E-state index is 12.2. The molecule has 0 radical (unpaired) electrons. The van der Waals surface area contributed by atoms with Gasteiger partial charge in [0.1, 0.15) is 17.8 Å². The van der Waals surface area contributed by atoms with Crippen molar-refractivity contribution in [1.29, 1.82) is 0 Å². The van der Waals surface area contributed by atoms with Gasteiger partial charge in [-0.05, 0) is 32.0 Å². The predicted octanol–water partition coefficient (Wildman–Crippen LogP) is 2.62. The van der Waals surface area contributed by atoms with Crippen LogP contribution in [0.2, 0.25) is 0 Å². The minimum absolute atomic E-state index is 0.121. The summed E-state index contributed by atoms with van der Waals surface area (Å²) < 4.78 is 5.32. The number of nitrogens with one attached hydrogen (secondary N) is 1. The Balaban J connectivity index is 1.84. The standard InChI is InChI=1S/C18H19N3O4/c1-11(2)21(8-13-7-12(10-25-13)18(23)24)9-16-19-15-6-4-3-5-14(15)17(22)20-16/h3-7,10-11H,8-9H2,1-2H3,(H,23,24)(H,19,20,22). The second kappa shape index (κ2) is 6.90. The van der Waals surface area contributed by atoms with Crippen LogP contribution in [0.25, 0.3) is 10.9 Å². The van der Waals surface area contributed by atoms with Crippen LogP contribution in [0.3, 0.4) is 0 Å². The van der Waals surface area contributed by atoms with E-state index < -0.39 is 5.97 Å². The van der Waals surface area contributed by atoms with Crippen LogP contribution in [0.1, 0.15) is 35.8 Å². The Labute approximate surface area is 143 Å². The fraction of sp³-hybridized carbons (Fsp3) is 0.278. The predicted molar refractivity (Wildman–Crippen MR) is 92.4 cm³/mol. The molecule has 2 aromatic heterocycles. The van der Waals surface area contributed by atoms with E-state index in [1.807, 2.05) is 24.8 Å². The SMILES string of the molecule is CC(C)N(Cc1nc2ccccc2c(=O)[nH]1)Cc1cc(C(=O)O)co1. The minimum Gasteiger partial charge on any atom is -0.478 e. The summed E-state index contributed by atoms with van der Waals surface area (Å²) >= 11 is 0. The van der Waals surface area contributed by atoms with E-state index in [4.69, 9.17) is 9.52 Å². The number of carboxylic acid groups (broad SMARTS) is 1. The van der Waals surface area contributed by atoms with Crippen molar-refractivity contribution < 1.29 is 14.3 Å². The lowest BCUT2D eigenvalue weighted by Crippen LogP contribution is -2.31. The summed E-state index contributed by atoms with van der Waals surface area (Å²) in [7, 11) is 0. The van der Waals surface area contributed by atoms with Gasteiger partial charge in [-0.15, -0.1) is 0 Å². The highest BCUT2D eigenvalue weighted by atomic mass is 16.4. The number of hydrogen-bond donors (Lipinski definition) is 2. The molecule has 0 bridgehead atoms. The summed E-state index contributed by atoms with van der Waals surface area (Å²) in [6, 6.07) is 8.84. The Hall–Kier alpha value is -2.93. The van der Waals surface area contributed by atoms with Crippen LogP contribution in [0.15, 0.2) is 45.8 Å². The lowest BCUT2D eigenvalue weighted by molar-refractivity contribution is 0.0696. The first kappa shape index (κ1) is 16.9. The molecule has 0 fully saturated rings. The first-order valence-corrected chi connectivity index (χ1v) is 7.96. The molecule has 0 aliphatic heterocycles. The monoisotopic (exact) mass is 341 g/mol. The maximum absolute atomic E-state index is 12.2. The first-order valence-electron chi connectivity index (χ1n) is 7.96. The van der Waals surface area contributed by atoms with Gasteiger partial charge in [0.2, 0.25) is 0 Å². The van der Waals surface area contributed by atoms with Crippen molar-refractivity contribution in [3.63, 3.8) is 0 Å². The number of aromatic carboxylic acids is 1. The largest absolute Gasteiger partial charge is 0.478 e. The summed E-state index contributed by atoms with van der Waals surface area (Å²) in [4.78, 5) is 32.5. The molecule has 25 heavy (non-hydrogen) atoms. The Bertz CT molecular complexity index is 958. The number of carboxylic acids is 1. The molecule has 0 aliphatic carbocycles. The molecule has 7 heteroatoms. The molecule has 0 spiro atoms. The molecule has 0 aliphatic rings. The van der Waals surface area contributed by atoms with Crippen LogP contribution in [-0.4, -0.2) is 32.0 Å². The van der Waals surface area contributed by atoms with E-state index in [1.54, 1.807) is 18.2 Å². The number of hydrogen-bond acceptors (Lipinski definition) is 5. The average Bonchev–Trinajstić information content (AvgIpc) is 3.03. The number of aromatic amines is 1. The van der Waals surface area contributed by atoms with Crippen LogP contribution < -0.4 is 5.56 Å². The fourth-order valence-corrected chi connectivity index (χ4v) is 2.60. The van der Waals surface area contributed by atoms with Gasteiger partial charge >= 0.3 is 5.97 Å². The number of fused-ring (bicyclic) bond motifs is 1. The van der Waals surface area contributed by atoms with E-state index in [0.29, 0.717) is 35.6 Å². The van der Waals surface area contributed by atoms with Crippen molar-refractivity contribution in [2.45, 2.75) is 33.0 Å². The second-order valence-corrected chi connectivity index (χ2v) is 6.14. The number of carbonyl (C=O) groups is 1. The molecule has 2 heterocycles. The van der Waals surface area contributed by atoms with E-state index in [1.165, 1.54) is 12.3 Å². The summed E-state index contributed by atoms with van der Waals surface area (Å²) in [5, 5.41) is 9.54. The topological polar surface area (TPSA) is 99.4 Å². The van der Waals surface area contributed by atoms with Gasteiger partial charge in [-0.1, -0.05) is 12.1 Å². The molecule has 0 saturated carbocycles. The molecule has 2 N–H and O–H groups in total. The van der Waals surface area contributed by atoms with Crippen molar-refractivity contribution in [1.82, 2.24) is 14.9 Å². The minimum atomic E-state index is -1.02. The molecule has 1 aromatic carbocycles. The zero-order valence-corrected chi connectivity index (χ0v) is 14.0. The molecular formula is C18H19N3O4. The zero-order chi connectivity index (χ0) is 18.0. The molecule has 3 rings (SSSR count). The molecule has 0 amide bonds. The number of furan rings is 1. The van der Waals surface area contributed by atoms with Crippen molar-refractivity contribution in [3.05, 3.63) is 64.1 Å². The molecular weight excluding hydrogens is 322 g/mol. The van der Waals surface area contributed by atoms with Gasteiger partial charge in [0, 0.05) is 6.04 Å². The molecule has 130 valence electrons. The number of para-hydroxylation sites is 1. The number of H-pyrrole nitrogens is 1. The Morgan fingerprint density at radius 3 is 2.76 bits per heavy atom. The molecule has 3 aromatic rings. The highest BCUT2D eigenvalue weighted by Crippen LogP contribution is 2.15. The van der Waals surface area contributed by atoms with Crippen molar-refractivity contribution in [2.24, 2.45) is 0 Å². The molecule has 0 unspecified atom stereocenters. The quantitative estimate of drug-likeness (QED) is 0.715. The number of nitrogens with zero attached hydrogens (tertiary/aromatic N) is 2. The van der Waals surface area contributed by atoms with Gasteiger partial charge in [0.15, 0.2) is 0 Å². The lowest BCUT2D eigenvalue weighted by atomic mass is 10.2. The summed E-state index contributed by atoms with van der Waals surface area (Å²) in [5.74, 6) is 0.0864.